The molecule has 0 saturated heterocycles. The first-order valence-corrected chi connectivity index (χ1v) is 4.63. The Morgan fingerprint density at radius 1 is 1.33 bits per heavy atom. The van der Waals surface area contributed by atoms with Crippen molar-refractivity contribution in [3.63, 3.8) is 0 Å². The van der Waals surface area contributed by atoms with Gasteiger partial charge in [-0.1, -0.05) is 0 Å². The van der Waals surface area contributed by atoms with E-state index in [-0.39, 0.29) is 11.6 Å². The summed E-state index contributed by atoms with van der Waals surface area (Å²) < 4.78 is 13.1. The van der Waals surface area contributed by atoms with Crippen LogP contribution < -0.4 is 0 Å². The maximum absolute atomic E-state index is 13.1. The number of hydrogen-bond acceptors (Lipinski definition) is 1. The van der Waals surface area contributed by atoms with Crippen LogP contribution in [0.3, 0.4) is 0 Å². The van der Waals surface area contributed by atoms with Gasteiger partial charge in [-0.2, -0.15) is 0 Å². The molecule has 0 aliphatic heterocycles. The lowest BCUT2D eigenvalue weighted by Gasteiger charge is -2.04. The van der Waals surface area contributed by atoms with E-state index < -0.39 is 0 Å². The molecule has 0 amide bonds. The number of carbonyl (C=O) groups is 1. The van der Waals surface area contributed by atoms with E-state index in [1.54, 1.807) is 12.3 Å². The number of hydrogen-bond donors (Lipinski definition) is 1. The van der Waals surface area contributed by atoms with Gasteiger partial charge < -0.3 is 4.98 Å². The third kappa shape index (κ3) is 1.81. The highest BCUT2D eigenvalue weighted by molar-refractivity contribution is 6.00. The molecular weight excluding hydrogens is 193 g/mol. The lowest BCUT2D eigenvalue weighted by atomic mass is 10.0. The molecule has 2 aromatic rings. The van der Waals surface area contributed by atoms with E-state index in [1.807, 2.05) is 6.07 Å². The second-order valence-electron chi connectivity index (χ2n) is 3.33. The number of Topliss-reactive ketones (excluding diaryl/α,β-unsaturated/α-hetero) is 1. The topological polar surface area (TPSA) is 32.9 Å². The van der Waals surface area contributed by atoms with Gasteiger partial charge in [0, 0.05) is 23.0 Å². The summed E-state index contributed by atoms with van der Waals surface area (Å²) in [6.45, 7) is 1.47. The summed E-state index contributed by atoms with van der Waals surface area (Å²) in [6.07, 6.45) is 1.74. The van der Waals surface area contributed by atoms with Gasteiger partial charge in [-0.15, -0.1) is 0 Å². The monoisotopic (exact) mass is 203 g/mol. The van der Waals surface area contributed by atoms with Crippen molar-refractivity contribution >= 4 is 5.78 Å². The molecule has 3 heteroatoms. The van der Waals surface area contributed by atoms with Crippen LogP contribution in [0, 0.1) is 5.82 Å². The highest BCUT2D eigenvalue weighted by atomic mass is 19.1. The molecule has 1 aromatic heterocycles. The van der Waals surface area contributed by atoms with Gasteiger partial charge in [-0.05, 0) is 37.3 Å². The summed E-state index contributed by atoms with van der Waals surface area (Å²) in [7, 11) is 0. The summed E-state index contributed by atoms with van der Waals surface area (Å²) in [5.74, 6) is -0.413. The van der Waals surface area contributed by atoms with Crippen LogP contribution in [0.15, 0.2) is 36.5 Å². The number of halogens is 1. The fraction of sp³-hybridized carbons (Fsp3) is 0.0833. The Bertz CT molecular complexity index is 488. The molecule has 0 saturated carbocycles. The van der Waals surface area contributed by atoms with Crippen molar-refractivity contribution < 1.29 is 9.18 Å². The quantitative estimate of drug-likeness (QED) is 0.747. The zero-order valence-electron chi connectivity index (χ0n) is 8.25. The summed E-state index contributed by atoms with van der Waals surface area (Å²) in [4.78, 5) is 14.3. The second kappa shape index (κ2) is 3.69. The van der Waals surface area contributed by atoms with Gasteiger partial charge >= 0.3 is 0 Å². The van der Waals surface area contributed by atoms with Gasteiger partial charge in [0.25, 0.3) is 0 Å². The molecule has 76 valence electrons. The van der Waals surface area contributed by atoms with Crippen LogP contribution in [-0.2, 0) is 0 Å². The molecule has 0 fully saturated rings. The zero-order valence-corrected chi connectivity index (χ0v) is 8.25. The Balaban J connectivity index is 2.63. The number of aromatic nitrogens is 1. The molecule has 1 N–H and O–H groups in total. The van der Waals surface area contributed by atoms with Crippen LogP contribution in [0.1, 0.15) is 17.3 Å². The number of carbonyl (C=O) groups excluding carboxylic acids is 1. The second-order valence-corrected chi connectivity index (χ2v) is 3.33. The van der Waals surface area contributed by atoms with Crippen molar-refractivity contribution in [2.75, 3.05) is 0 Å². The number of rotatable bonds is 2. The molecule has 0 spiro atoms. The minimum atomic E-state index is -0.343. The molecule has 15 heavy (non-hydrogen) atoms. The standard InChI is InChI=1S/C12H10FNO/c1-8(15)10-5-4-9(13)7-11(10)12-3-2-6-14-12/h2-7,14H,1H3. The maximum Gasteiger partial charge on any atom is 0.160 e. The fourth-order valence-corrected chi connectivity index (χ4v) is 1.54. The number of benzene rings is 1. The fourth-order valence-electron chi connectivity index (χ4n) is 1.54. The van der Waals surface area contributed by atoms with Crippen molar-refractivity contribution in [3.8, 4) is 11.3 Å². The van der Waals surface area contributed by atoms with Crippen molar-refractivity contribution in [1.29, 1.82) is 0 Å². The molecule has 0 unspecified atom stereocenters. The molecule has 1 aromatic carbocycles. The largest absolute Gasteiger partial charge is 0.361 e. The molecule has 0 aliphatic rings. The highest BCUT2D eigenvalue weighted by Gasteiger charge is 2.10. The summed E-state index contributed by atoms with van der Waals surface area (Å²) in [5.41, 5.74) is 1.88. The van der Waals surface area contributed by atoms with Crippen LogP contribution in [0.5, 0.6) is 0 Å². The van der Waals surface area contributed by atoms with E-state index in [9.17, 15) is 9.18 Å². The molecule has 0 radical (unpaired) electrons. The van der Waals surface area contributed by atoms with Gasteiger partial charge in [0.05, 0.1) is 0 Å². The first kappa shape index (κ1) is 9.65. The van der Waals surface area contributed by atoms with Crippen LogP contribution in [0.4, 0.5) is 4.39 Å². The smallest absolute Gasteiger partial charge is 0.160 e. The van der Waals surface area contributed by atoms with Gasteiger partial charge in [0.2, 0.25) is 0 Å². The van der Waals surface area contributed by atoms with Crippen molar-refractivity contribution in [2.45, 2.75) is 6.92 Å². The number of ketones is 1. The van der Waals surface area contributed by atoms with E-state index in [2.05, 4.69) is 4.98 Å². The molecule has 0 aliphatic carbocycles. The molecule has 2 nitrogen and oxygen atoms in total. The van der Waals surface area contributed by atoms with Gasteiger partial charge in [-0.3, -0.25) is 4.79 Å². The van der Waals surface area contributed by atoms with E-state index in [1.165, 1.54) is 25.1 Å². The predicted molar refractivity (Wildman–Crippen MR) is 56.2 cm³/mol. The zero-order chi connectivity index (χ0) is 10.8. The van der Waals surface area contributed by atoms with Crippen LogP contribution >= 0.6 is 0 Å². The van der Waals surface area contributed by atoms with E-state index >= 15 is 0 Å². The average molecular weight is 203 g/mol. The Hall–Kier alpha value is -1.90. The number of nitrogens with one attached hydrogen (secondary N) is 1. The summed E-state index contributed by atoms with van der Waals surface area (Å²) in [6, 6.07) is 7.78. The lowest BCUT2D eigenvalue weighted by Crippen LogP contribution is -1.96. The maximum atomic E-state index is 13.1. The third-order valence-electron chi connectivity index (χ3n) is 2.25. The Kier molecular flexibility index (Phi) is 2.37. The van der Waals surface area contributed by atoms with Gasteiger partial charge in [0.1, 0.15) is 5.82 Å². The van der Waals surface area contributed by atoms with Crippen molar-refractivity contribution in [3.05, 3.63) is 47.9 Å². The minimum absolute atomic E-state index is 0.0698. The average Bonchev–Trinajstić information content (AvgIpc) is 2.69. The van der Waals surface area contributed by atoms with Crippen LogP contribution in [-0.4, -0.2) is 10.8 Å². The first-order valence-electron chi connectivity index (χ1n) is 4.63. The van der Waals surface area contributed by atoms with E-state index in [0.717, 1.165) is 5.69 Å². The van der Waals surface area contributed by atoms with Gasteiger partial charge in [-0.25, -0.2) is 4.39 Å². The SMILES string of the molecule is CC(=O)c1ccc(F)cc1-c1ccc[nH]1. The Morgan fingerprint density at radius 3 is 2.73 bits per heavy atom. The van der Waals surface area contributed by atoms with Crippen molar-refractivity contribution in [1.82, 2.24) is 4.98 Å². The Morgan fingerprint density at radius 2 is 2.13 bits per heavy atom. The first-order chi connectivity index (χ1) is 7.18. The molecule has 0 bridgehead atoms. The molecular formula is C12H10FNO. The van der Waals surface area contributed by atoms with Gasteiger partial charge in [0.15, 0.2) is 5.78 Å². The Labute approximate surface area is 86.8 Å². The van der Waals surface area contributed by atoms with Crippen molar-refractivity contribution in [2.24, 2.45) is 0 Å². The summed E-state index contributed by atoms with van der Waals surface area (Å²) in [5, 5.41) is 0. The highest BCUT2D eigenvalue weighted by Crippen LogP contribution is 2.23. The van der Waals surface area contributed by atoms with E-state index in [0.29, 0.717) is 11.1 Å². The minimum Gasteiger partial charge on any atom is -0.361 e. The summed E-state index contributed by atoms with van der Waals surface area (Å²) >= 11 is 0. The number of aromatic amines is 1. The number of H-pyrrole nitrogens is 1. The normalized spacial score (nSPS) is 10.3. The predicted octanol–water partition coefficient (Wildman–Crippen LogP) is 3.02. The van der Waals surface area contributed by atoms with Crippen LogP contribution in [0.2, 0.25) is 0 Å². The lowest BCUT2D eigenvalue weighted by molar-refractivity contribution is 0.101. The molecule has 2 rings (SSSR count). The van der Waals surface area contributed by atoms with E-state index in [4.69, 9.17) is 0 Å². The van der Waals surface area contributed by atoms with Crippen LogP contribution in [0.25, 0.3) is 11.3 Å². The molecule has 1 heterocycles. The third-order valence-corrected chi connectivity index (χ3v) is 2.25. The molecule has 0 atom stereocenters.